The molecule has 222 valence electrons. The molecule has 4 rings (SSSR count). The molecular weight excluding hydrogens is 550 g/mol. The lowest BCUT2D eigenvalue weighted by Crippen LogP contribution is -2.56. The van der Waals surface area contributed by atoms with Crippen molar-refractivity contribution in [3.05, 3.63) is 77.0 Å². The number of hydrogen-bond donors (Lipinski definition) is 2. The van der Waals surface area contributed by atoms with E-state index in [1.807, 2.05) is 18.2 Å². The predicted molar refractivity (Wildman–Crippen MR) is 148 cm³/mol. The summed E-state index contributed by atoms with van der Waals surface area (Å²) in [6.45, 7) is 1.90. The number of hydrogen-bond acceptors (Lipinski definition) is 8. The van der Waals surface area contributed by atoms with Crippen molar-refractivity contribution < 1.29 is 32.6 Å². The van der Waals surface area contributed by atoms with E-state index in [1.54, 1.807) is 6.07 Å². The molecule has 1 unspecified atom stereocenters. The van der Waals surface area contributed by atoms with E-state index in [-0.39, 0.29) is 30.5 Å². The number of carbonyl (C=O) groups excluding carboxylic acids is 3. The first kappa shape index (κ1) is 30.4. The summed E-state index contributed by atoms with van der Waals surface area (Å²) >= 11 is 0. The lowest BCUT2D eigenvalue weighted by molar-refractivity contribution is 0.107. The molecular formula is C29H32F2N6O5. The lowest BCUT2D eigenvalue weighted by atomic mass is 10.0. The second-order valence-electron chi connectivity index (χ2n) is 9.74. The number of carbonyl (C=O) groups is 3. The van der Waals surface area contributed by atoms with Crippen molar-refractivity contribution in [3.63, 3.8) is 0 Å². The minimum absolute atomic E-state index is 0.0820. The van der Waals surface area contributed by atoms with E-state index in [0.717, 1.165) is 55.8 Å². The summed E-state index contributed by atoms with van der Waals surface area (Å²) in [4.78, 5) is 42.8. The normalized spacial score (nSPS) is 17.5. The molecule has 2 N–H and O–H groups in total. The molecule has 0 spiro atoms. The van der Waals surface area contributed by atoms with Crippen LogP contribution in [0.4, 0.5) is 28.9 Å². The highest BCUT2D eigenvalue weighted by molar-refractivity contribution is 6.03. The Hall–Kier alpha value is -4.54. The number of amides is 5. The summed E-state index contributed by atoms with van der Waals surface area (Å²) in [7, 11) is 2.44. The fourth-order valence-electron chi connectivity index (χ4n) is 5.08. The van der Waals surface area contributed by atoms with Gasteiger partial charge in [-0.05, 0) is 48.7 Å². The van der Waals surface area contributed by atoms with Gasteiger partial charge in [0, 0.05) is 39.3 Å². The average molecular weight is 583 g/mol. The van der Waals surface area contributed by atoms with Crippen molar-refractivity contribution in [2.45, 2.75) is 24.9 Å². The lowest BCUT2D eigenvalue weighted by Gasteiger charge is -2.37. The molecule has 0 aliphatic carbocycles. The van der Waals surface area contributed by atoms with E-state index in [9.17, 15) is 28.4 Å². The highest BCUT2D eigenvalue weighted by atomic mass is 19.2. The zero-order valence-corrected chi connectivity index (χ0v) is 23.3. The molecule has 0 radical (unpaired) electrons. The number of ether oxygens (including phenoxy) is 2. The topological polar surface area (TPSA) is 127 Å². The highest BCUT2D eigenvalue weighted by Gasteiger charge is 2.42. The Morgan fingerprint density at radius 3 is 2.48 bits per heavy atom. The maximum absolute atomic E-state index is 14.1. The number of halogens is 2. The van der Waals surface area contributed by atoms with Crippen LogP contribution in [0, 0.1) is 23.0 Å². The molecule has 1 saturated heterocycles. The van der Waals surface area contributed by atoms with Crippen LogP contribution in [0.2, 0.25) is 0 Å². The summed E-state index contributed by atoms with van der Waals surface area (Å²) in [5, 5.41) is 15.4. The first-order chi connectivity index (χ1) is 20.3. The molecule has 0 aromatic heterocycles. The molecule has 5 amide bonds. The van der Waals surface area contributed by atoms with E-state index < -0.39 is 35.8 Å². The molecule has 11 nitrogen and oxygen atoms in total. The third-order valence-electron chi connectivity index (χ3n) is 7.16. The molecule has 2 aromatic rings. The van der Waals surface area contributed by atoms with Gasteiger partial charge in [-0.15, -0.1) is 0 Å². The van der Waals surface area contributed by atoms with Crippen LogP contribution < -0.4 is 15.5 Å². The van der Waals surface area contributed by atoms with Crippen LogP contribution >= 0.6 is 0 Å². The van der Waals surface area contributed by atoms with Crippen LogP contribution in [-0.2, 0) is 9.47 Å². The minimum Gasteiger partial charge on any atom is -0.452 e. The fourth-order valence-corrected chi connectivity index (χ4v) is 5.08. The molecule has 2 aromatic carbocycles. The Morgan fingerprint density at radius 1 is 1.07 bits per heavy atom. The van der Waals surface area contributed by atoms with Gasteiger partial charge in [-0.25, -0.2) is 28.1 Å². The van der Waals surface area contributed by atoms with Crippen LogP contribution in [0.5, 0.6) is 0 Å². The Bertz CT molecular complexity index is 1390. The van der Waals surface area contributed by atoms with E-state index >= 15 is 0 Å². The number of benzene rings is 2. The van der Waals surface area contributed by atoms with Gasteiger partial charge in [0.15, 0.2) is 11.6 Å². The Balaban J connectivity index is 1.40. The summed E-state index contributed by atoms with van der Waals surface area (Å²) in [6, 6.07) is 9.94. The number of nitrogens with zero attached hydrogens (tertiary/aromatic N) is 4. The van der Waals surface area contributed by atoms with Gasteiger partial charge >= 0.3 is 18.2 Å². The van der Waals surface area contributed by atoms with E-state index in [1.165, 1.54) is 19.3 Å². The van der Waals surface area contributed by atoms with Gasteiger partial charge in [0.1, 0.15) is 6.07 Å². The van der Waals surface area contributed by atoms with Crippen LogP contribution in [0.3, 0.4) is 0 Å². The third kappa shape index (κ3) is 6.67. The molecule has 13 heteroatoms. The van der Waals surface area contributed by atoms with Gasteiger partial charge in [-0.2, -0.15) is 10.2 Å². The van der Waals surface area contributed by atoms with Crippen LogP contribution in [0.1, 0.15) is 30.0 Å². The van der Waals surface area contributed by atoms with E-state index in [4.69, 9.17) is 9.47 Å². The summed E-state index contributed by atoms with van der Waals surface area (Å²) in [6.07, 6.45) is 2.02. The molecule has 1 fully saturated rings. The number of anilines is 1. The number of nitriles is 1. The number of urea groups is 2. The van der Waals surface area contributed by atoms with Gasteiger partial charge in [0.2, 0.25) is 0 Å². The van der Waals surface area contributed by atoms with Gasteiger partial charge < -0.3 is 25.0 Å². The van der Waals surface area contributed by atoms with Gasteiger partial charge in [0.05, 0.1) is 36.7 Å². The second-order valence-corrected chi connectivity index (χ2v) is 9.74. The number of rotatable bonds is 8. The van der Waals surface area contributed by atoms with Crippen molar-refractivity contribution >= 4 is 23.8 Å². The SMILES string of the molecule is COCC1=CC(c2ccc(F)c(F)c2)N(C(=O)NCCNC2CCN(c3ccccc3C#N)CC2)C(=O)N1C(=O)OC. The zero-order valence-electron chi connectivity index (χ0n) is 23.3. The molecule has 1 atom stereocenters. The number of nitrogens with one attached hydrogen (secondary N) is 2. The predicted octanol–water partition coefficient (Wildman–Crippen LogP) is 3.88. The monoisotopic (exact) mass is 582 g/mol. The van der Waals surface area contributed by atoms with Crippen LogP contribution in [0.25, 0.3) is 0 Å². The van der Waals surface area contributed by atoms with Crippen molar-refractivity contribution in [1.29, 1.82) is 5.26 Å². The minimum atomic E-state index is -1.15. The van der Waals surface area contributed by atoms with Crippen LogP contribution in [-0.4, -0.2) is 81.0 Å². The summed E-state index contributed by atoms with van der Waals surface area (Å²) < 4.78 is 37.6. The molecule has 0 saturated carbocycles. The fraction of sp³-hybridized carbons (Fsp3) is 0.379. The summed E-state index contributed by atoms with van der Waals surface area (Å²) in [5.41, 5.74) is 1.75. The van der Waals surface area contributed by atoms with Crippen molar-refractivity contribution in [2.24, 2.45) is 0 Å². The number of piperidine rings is 1. The van der Waals surface area contributed by atoms with E-state index in [2.05, 4.69) is 21.6 Å². The first-order valence-corrected chi connectivity index (χ1v) is 13.4. The van der Waals surface area contributed by atoms with Gasteiger partial charge in [0.25, 0.3) is 0 Å². The molecule has 42 heavy (non-hydrogen) atoms. The number of imide groups is 2. The Morgan fingerprint density at radius 2 is 1.81 bits per heavy atom. The number of methoxy groups -OCH3 is 2. The standard InChI is InChI=1S/C29H32F2N6O5/c1-41-18-22-16-26(19-7-8-23(30)24(31)15-19)37(28(39)36(22)29(40)42-2)27(38)34-12-11-33-21-9-13-35(14-10-21)25-6-4-3-5-20(25)17-32/h3-8,15-16,21,26,33H,9-14,18H2,1-2H3,(H,34,38). The van der Waals surface area contributed by atoms with Crippen LogP contribution in [0.15, 0.2) is 54.2 Å². The second kappa shape index (κ2) is 13.9. The molecule has 2 heterocycles. The smallest absolute Gasteiger partial charge is 0.422 e. The highest BCUT2D eigenvalue weighted by Crippen LogP contribution is 2.32. The average Bonchev–Trinajstić information content (AvgIpc) is 3.00. The third-order valence-corrected chi connectivity index (χ3v) is 7.16. The Kier molecular flexibility index (Phi) is 10.1. The van der Waals surface area contributed by atoms with Crippen molar-refractivity contribution in [1.82, 2.24) is 20.4 Å². The molecule has 2 aliphatic rings. The maximum Gasteiger partial charge on any atom is 0.422 e. The Labute approximate surface area is 242 Å². The largest absolute Gasteiger partial charge is 0.452 e. The number of para-hydroxylation sites is 1. The molecule has 0 bridgehead atoms. The first-order valence-electron chi connectivity index (χ1n) is 13.4. The van der Waals surface area contributed by atoms with Gasteiger partial charge in [-0.1, -0.05) is 18.2 Å². The van der Waals surface area contributed by atoms with Gasteiger partial charge in [-0.3, -0.25) is 0 Å². The zero-order chi connectivity index (χ0) is 30.2. The molecule has 2 aliphatic heterocycles. The maximum atomic E-state index is 14.1. The summed E-state index contributed by atoms with van der Waals surface area (Å²) in [5.74, 6) is -2.23. The van der Waals surface area contributed by atoms with E-state index in [0.29, 0.717) is 17.0 Å². The van der Waals surface area contributed by atoms with Crippen molar-refractivity contribution in [3.8, 4) is 6.07 Å². The van der Waals surface area contributed by atoms with Crippen molar-refractivity contribution in [2.75, 3.05) is 51.9 Å². The quantitative estimate of drug-likeness (QED) is 0.449.